The number of rotatable bonds is 5. The normalized spacial score (nSPS) is 10.8. The molecule has 0 spiro atoms. The first-order valence-electron chi connectivity index (χ1n) is 6.50. The Morgan fingerprint density at radius 1 is 1.19 bits per heavy atom. The van der Waals surface area contributed by atoms with Crippen molar-refractivity contribution in [2.24, 2.45) is 5.73 Å². The lowest BCUT2D eigenvalue weighted by molar-refractivity contribution is 0.100. The van der Waals surface area contributed by atoms with Gasteiger partial charge >= 0.3 is 0 Å². The zero-order chi connectivity index (χ0) is 15.4. The Kier molecular flexibility index (Phi) is 4.83. The molecule has 0 aliphatic carbocycles. The number of nitrogens with zero attached hydrogens (tertiary/aromatic N) is 1. The molecule has 2 aromatic carbocycles. The average Bonchev–Trinajstić information content (AvgIpc) is 2.43. The van der Waals surface area contributed by atoms with Crippen LogP contribution in [0, 0.1) is 0 Å². The number of hydrogen-bond donors (Lipinski definition) is 2. The van der Waals surface area contributed by atoms with Gasteiger partial charge in [-0.1, -0.05) is 23.7 Å². The number of phenolic OH excluding ortho intramolecular Hbond substituents is 1. The first-order chi connectivity index (χ1) is 9.95. The van der Waals surface area contributed by atoms with Crippen LogP contribution in [0.2, 0.25) is 5.02 Å². The summed E-state index contributed by atoms with van der Waals surface area (Å²) in [5.74, 6) is -0.200. The standard InChI is InChI=1S/C16H17ClN2O2/c1-19(10-13-8-14(17)6-7-15(13)20)9-11-2-4-12(5-3-11)16(18)21/h2-8,20H,9-10H2,1H3,(H2,18,21). The number of phenols is 1. The maximum Gasteiger partial charge on any atom is 0.248 e. The second-order valence-corrected chi connectivity index (χ2v) is 5.44. The van der Waals surface area contributed by atoms with Gasteiger partial charge in [-0.05, 0) is 42.9 Å². The van der Waals surface area contributed by atoms with E-state index in [1.807, 2.05) is 24.1 Å². The summed E-state index contributed by atoms with van der Waals surface area (Å²) in [7, 11) is 1.95. The number of benzene rings is 2. The van der Waals surface area contributed by atoms with Gasteiger partial charge in [0.15, 0.2) is 0 Å². The number of primary amides is 1. The molecule has 0 unspecified atom stereocenters. The minimum atomic E-state index is -0.432. The van der Waals surface area contributed by atoms with Crippen molar-refractivity contribution in [3.05, 3.63) is 64.2 Å². The Bertz CT molecular complexity index is 641. The third-order valence-corrected chi connectivity index (χ3v) is 3.41. The van der Waals surface area contributed by atoms with E-state index in [9.17, 15) is 9.90 Å². The van der Waals surface area contributed by atoms with E-state index in [0.29, 0.717) is 23.7 Å². The van der Waals surface area contributed by atoms with Gasteiger partial charge < -0.3 is 10.8 Å². The summed E-state index contributed by atoms with van der Waals surface area (Å²) in [4.78, 5) is 13.1. The van der Waals surface area contributed by atoms with E-state index >= 15 is 0 Å². The van der Waals surface area contributed by atoms with Gasteiger partial charge in [-0.2, -0.15) is 0 Å². The third kappa shape index (κ3) is 4.21. The summed E-state index contributed by atoms with van der Waals surface area (Å²) in [6.07, 6.45) is 0. The lowest BCUT2D eigenvalue weighted by Crippen LogP contribution is -2.17. The van der Waals surface area contributed by atoms with E-state index in [0.717, 1.165) is 11.1 Å². The van der Waals surface area contributed by atoms with Crippen molar-refractivity contribution in [2.75, 3.05) is 7.05 Å². The summed E-state index contributed by atoms with van der Waals surface area (Å²) in [6.45, 7) is 1.26. The van der Waals surface area contributed by atoms with Gasteiger partial charge in [0.1, 0.15) is 5.75 Å². The highest BCUT2D eigenvalue weighted by atomic mass is 35.5. The number of amides is 1. The van der Waals surface area contributed by atoms with Crippen LogP contribution in [0.25, 0.3) is 0 Å². The van der Waals surface area contributed by atoms with Crippen LogP contribution in [-0.2, 0) is 13.1 Å². The molecule has 0 aliphatic heterocycles. The van der Waals surface area contributed by atoms with Crippen LogP contribution in [0.4, 0.5) is 0 Å². The minimum absolute atomic E-state index is 0.232. The molecule has 0 atom stereocenters. The molecule has 1 amide bonds. The highest BCUT2D eigenvalue weighted by Gasteiger charge is 2.07. The molecule has 3 N–H and O–H groups in total. The van der Waals surface area contributed by atoms with Crippen LogP contribution in [0.15, 0.2) is 42.5 Å². The second-order valence-electron chi connectivity index (χ2n) is 5.01. The molecule has 2 aromatic rings. The second kappa shape index (κ2) is 6.61. The monoisotopic (exact) mass is 304 g/mol. The van der Waals surface area contributed by atoms with E-state index in [-0.39, 0.29) is 5.75 Å². The maximum absolute atomic E-state index is 11.0. The fourth-order valence-corrected chi connectivity index (χ4v) is 2.31. The largest absolute Gasteiger partial charge is 0.508 e. The van der Waals surface area contributed by atoms with Gasteiger partial charge in [-0.25, -0.2) is 0 Å². The predicted molar refractivity (Wildman–Crippen MR) is 83.2 cm³/mol. The van der Waals surface area contributed by atoms with Gasteiger partial charge in [0, 0.05) is 29.2 Å². The Morgan fingerprint density at radius 2 is 1.86 bits per heavy atom. The van der Waals surface area contributed by atoms with E-state index in [1.54, 1.807) is 30.3 Å². The first kappa shape index (κ1) is 15.4. The molecule has 21 heavy (non-hydrogen) atoms. The molecule has 5 heteroatoms. The van der Waals surface area contributed by atoms with Crippen LogP contribution in [0.3, 0.4) is 0 Å². The lowest BCUT2D eigenvalue weighted by Gasteiger charge is -2.18. The smallest absolute Gasteiger partial charge is 0.248 e. The highest BCUT2D eigenvalue weighted by molar-refractivity contribution is 6.30. The molecule has 0 fully saturated rings. The number of hydrogen-bond acceptors (Lipinski definition) is 3. The number of carbonyl (C=O) groups excluding carboxylic acids is 1. The molecule has 0 aromatic heterocycles. The van der Waals surface area contributed by atoms with Crippen molar-refractivity contribution in [2.45, 2.75) is 13.1 Å². The van der Waals surface area contributed by atoms with Crippen molar-refractivity contribution in [1.29, 1.82) is 0 Å². The zero-order valence-electron chi connectivity index (χ0n) is 11.7. The summed E-state index contributed by atoms with van der Waals surface area (Å²) in [5, 5.41) is 10.4. The van der Waals surface area contributed by atoms with Crippen molar-refractivity contribution in [3.63, 3.8) is 0 Å². The van der Waals surface area contributed by atoms with Crippen molar-refractivity contribution < 1.29 is 9.90 Å². The quantitative estimate of drug-likeness (QED) is 0.892. The third-order valence-electron chi connectivity index (χ3n) is 3.17. The van der Waals surface area contributed by atoms with Gasteiger partial charge in [0.25, 0.3) is 0 Å². The maximum atomic E-state index is 11.0. The van der Waals surface area contributed by atoms with Crippen molar-refractivity contribution in [1.82, 2.24) is 4.90 Å². The van der Waals surface area contributed by atoms with E-state index < -0.39 is 5.91 Å². The minimum Gasteiger partial charge on any atom is -0.508 e. The van der Waals surface area contributed by atoms with Gasteiger partial charge in [-0.3, -0.25) is 9.69 Å². The van der Waals surface area contributed by atoms with E-state index in [4.69, 9.17) is 17.3 Å². The summed E-state index contributed by atoms with van der Waals surface area (Å²) in [5.41, 5.74) is 7.54. The molecule has 0 aliphatic rings. The predicted octanol–water partition coefficient (Wildman–Crippen LogP) is 2.78. The Labute approximate surface area is 128 Å². The first-order valence-corrected chi connectivity index (χ1v) is 6.88. The molecule has 110 valence electrons. The fraction of sp³-hybridized carbons (Fsp3) is 0.188. The number of aromatic hydroxyl groups is 1. The van der Waals surface area contributed by atoms with E-state index in [2.05, 4.69) is 0 Å². The average molecular weight is 305 g/mol. The molecular weight excluding hydrogens is 288 g/mol. The van der Waals surface area contributed by atoms with Crippen LogP contribution < -0.4 is 5.73 Å². The summed E-state index contributed by atoms with van der Waals surface area (Å²) < 4.78 is 0. The van der Waals surface area contributed by atoms with Crippen LogP contribution >= 0.6 is 11.6 Å². The number of nitrogens with two attached hydrogens (primary N) is 1. The molecular formula is C16H17ClN2O2. The molecule has 0 saturated carbocycles. The Hall–Kier alpha value is -2.04. The molecule has 0 saturated heterocycles. The number of halogens is 1. The lowest BCUT2D eigenvalue weighted by atomic mass is 10.1. The van der Waals surface area contributed by atoms with Gasteiger partial charge in [0.2, 0.25) is 5.91 Å². The molecule has 0 bridgehead atoms. The highest BCUT2D eigenvalue weighted by Crippen LogP contribution is 2.23. The number of carbonyl (C=O) groups is 1. The van der Waals surface area contributed by atoms with Crippen molar-refractivity contribution >= 4 is 17.5 Å². The fourth-order valence-electron chi connectivity index (χ4n) is 2.11. The summed E-state index contributed by atoms with van der Waals surface area (Å²) >= 11 is 5.93. The van der Waals surface area contributed by atoms with Crippen LogP contribution in [0.5, 0.6) is 5.75 Å². The topological polar surface area (TPSA) is 66.6 Å². The molecule has 0 radical (unpaired) electrons. The van der Waals surface area contributed by atoms with Gasteiger partial charge in [0.05, 0.1) is 0 Å². The van der Waals surface area contributed by atoms with Crippen LogP contribution in [0.1, 0.15) is 21.5 Å². The molecule has 2 rings (SSSR count). The Balaban J connectivity index is 2.02. The van der Waals surface area contributed by atoms with Gasteiger partial charge in [-0.15, -0.1) is 0 Å². The summed E-state index contributed by atoms with van der Waals surface area (Å²) in [6, 6.07) is 12.2. The molecule has 0 heterocycles. The SMILES string of the molecule is CN(Cc1ccc(C(N)=O)cc1)Cc1cc(Cl)ccc1O. The van der Waals surface area contributed by atoms with E-state index in [1.165, 1.54) is 0 Å². The zero-order valence-corrected chi connectivity index (χ0v) is 12.5. The molecule has 4 nitrogen and oxygen atoms in total. The van der Waals surface area contributed by atoms with Crippen molar-refractivity contribution in [3.8, 4) is 5.75 Å². The van der Waals surface area contributed by atoms with Crippen LogP contribution in [-0.4, -0.2) is 23.0 Å². The Morgan fingerprint density at radius 3 is 2.48 bits per heavy atom.